The molecule has 3 aromatic heterocycles. The van der Waals surface area contributed by atoms with Crippen LogP contribution in [0, 0.1) is 5.82 Å². The van der Waals surface area contributed by atoms with E-state index in [9.17, 15) is 18.3 Å². The molecule has 0 aliphatic heterocycles. The molecule has 5 rings (SSSR count). The zero-order chi connectivity index (χ0) is 23.3. The summed E-state index contributed by atoms with van der Waals surface area (Å²) >= 11 is 0. The first kappa shape index (κ1) is 21.4. The zero-order valence-corrected chi connectivity index (χ0v) is 17.9. The Hall–Kier alpha value is -3.46. The van der Waals surface area contributed by atoms with Crippen LogP contribution in [0.4, 0.5) is 13.2 Å². The number of nitrogens with zero attached hydrogens (tertiary/aromatic N) is 4. The summed E-state index contributed by atoms with van der Waals surface area (Å²) in [7, 11) is 0. The summed E-state index contributed by atoms with van der Waals surface area (Å²) in [6.45, 7) is 0.961. The number of fused-ring (bicyclic) bond motifs is 3. The summed E-state index contributed by atoms with van der Waals surface area (Å²) in [5, 5.41) is 10.6. The van der Waals surface area contributed by atoms with E-state index >= 15 is 0 Å². The quantitative estimate of drug-likeness (QED) is 0.447. The zero-order valence-electron chi connectivity index (χ0n) is 17.9. The van der Waals surface area contributed by atoms with Gasteiger partial charge in [-0.2, -0.15) is 8.78 Å². The van der Waals surface area contributed by atoms with Gasteiger partial charge in [0.25, 0.3) is 0 Å². The highest BCUT2D eigenvalue weighted by molar-refractivity contribution is 5.65. The highest BCUT2D eigenvalue weighted by Gasteiger charge is 2.37. The molecular weight excluding hydrogens is 433 g/mol. The second-order valence-corrected chi connectivity index (χ2v) is 8.35. The molecular formula is C24H21F3N4O2. The Bertz CT molecular complexity index is 1320. The van der Waals surface area contributed by atoms with Crippen molar-refractivity contribution >= 4 is 5.65 Å². The van der Waals surface area contributed by atoms with Crippen LogP contribution in [-0.4, -0.2) is 31.1 Å². The van der Waals surface area contributed by atoms with E-state index in [-0.39, 0.29) is 23.7 Å². The molecule has 6 nitrogen and oxygen atoms in total. The summed E-state index contributed by atoms with van der Waals surface area (Å²) in [4.78, 5) is 13.1. The number of rotatable bonds is 5. The number of aliphatic hydroxyl groups excluding tert-OH is 1. The number of benzene rings is 1. The molecule has 1 aliphatic carbocycles. The van der Waals surface area contributed by atoms with Crippen LogP contribution in [0.3, 0.4) is 0 Å². The fourth-order valence-electron chi connectivity index (χ4n) is 4.37. The highest BCUT2D eigenvalue weighted by Crippen LogP contribution is 2.47. The number of imidazole rings is 1. The largest absolute Gasteiger partial charge is 0.435 e. The number of aliphatic hydroxyl groups is 1. The van der Waals surface area contributed by atoms with Crippen molar-refractivity contribution in [2.75, 3.05) is 0 Å². The summed E-state index contributed by atoms with van der Waals surface area (Å²) in [6, 6.07) is 7.77. The molecule has 0 amide bonds. The van der Waals surface area contributed by atoms with Gasteiger partial charge in [0.2, 0.25) is 0 Å². The predicted molar refractivity (Wildman–Crippen MR) is 115 cm³/mol. The van der Waals surface area contributed by atoms with Crippen molar-refractivity contribution in [2.45, 2.75) is 44.8 Å². The lowest BCUT2D eigenvalue weighted by atomic mass is 9.95. The molecule has 0 radical (unpaired) electrons. The van der Waals surface area contributed by atoms with E-state index in [0.717, 1.165) is 0 Å². The van der Waals surface area contributed by atoms with Crippen molar-refractivity contribution < 1.29 is 23.0 Å². The highest BCUT2D eigenvalue weighted by atomic mass is 19.3. The molecule has 3 heterocycles. The number of ether oxygens (including phenoxy) is 1. The predicted octanol–water partition coefficient (Wildman–Crippen LogP) is 5.22. The minimum absolute atomic E-state index is 0.0347. The first-order valence-corrected chi connectivity index (χ1v) is 10.6. The van der Waals surface area contributed by atoms with Crippen LogP contribution in [0.2, 0.25) is 0 Å². The third kappa shape index (κ3) is 3.72. The fourth-order valence-corrected chi connectivity index (χ4v) is 4.37. The summed E-state index contributed by atoms with van der Waals surface area (Å²) in [5.41, 5.74) is 2.61. The molecule has 4 aromatic rings. The number of aromatic nitrogens is 4. The Kier molecular flexibility index (Phi) is 5.28. The first-order valence-electron chi connectivity index (χ1n) is 10.6. The lowest BCUT2D eigenvalue weighted by Gasteiger charge is -2.17. The van der Waals surface area contributed by atoms with Crippen LogP contribution < -0.4 is 4.74 Å². The van der Waals surface area contributed by atoms with Crippen molar-refractivity contribution in [3.8, 4) is 16.9 Å². The minimum atomic E-state index is -2.98. The van der Waals surface area contributed by atoms with Gasteiger partial charge in [0.15, 0.2) is 0 Å². The van der Waals surface area contributed by atoms with Gasteiger partial charge in [-0.05, 0) is 12.5 Å². The van der Waals surface area contributed by atoms with E-state index < -0.39 is 24.5 Å². The molecule has 2 atom stereocenters. The topological polar surface area (TPSA) is 72.5 Å². The van der Waals surface area contributed by atoms with E-state index in [4.69, 9.17) is 4.74 Å². The third-order valence-electron chi connectivity index (χ3n) is 5.89. The van der Waals surface area contributed by atoms with Crippen LogP contribution in [0.15, 0.2) is 48.9 Å². The molecule has 9 heteroatoms. The number of halogens is 3. The molecule has 33 heavy (non-hydrogen) atoms. The monoisotopic (exact) mass is 454 g/mol. The lowest BCUT2D eigenvalue weighted by molar-refractivity contribution is -0.0506. The maximum absolute atomic E-state index is 15.0. The SMILES string of the molecule is CC(C)c1ncc(-c2cn3c4c(nc3cc2F)[C@H](O)C[C@@H]4c2ccccc2OC(F)F)cn1. The van der Waals surface area contributed by atoms with Gasteiger partial charge in [-0.25, -0.2) is 19.3 Å². The van der Waals surface area contributed by atoms with Crippen LogP contribution in [0.1, 0.15) is 61.0 Å². The van der Waals surface area contributed by atoms with Crippen LogP contribution in [0.25, 0.3) is 16.8 Å². The Morgan fingerprint density at radius 2 is 1.88 bits per heavy atom. The Labute approximate surface area is 187 Å². The Morgan fingerprint density at radius 1 is 1.15 bits per heavy atom. The molecule has 0 bridgehead atoms. The smallest absolute Gasteiger partial charge is 0.387 e. The van der Waals surface area contributed by atoms with Gasteiger partial charge in [0, 0.05) is 53.2 Å². The van der Waals surface area contributed by atoms with E-state index in [1.807, 2.05) is 13.8 Å². The lowest BCUT2D eigenvalue weighted by Crippen LogP contribution is -2.08. The van der Waals surface area contributed by atoms with Crippen molar-refractivity contribution in [3.63, 3.8) is 0 Å². The molecule has 0 fully saturated rings. The van der Waals surface area contributed by atoms with Crippen molar-refractivity contribution in [1.82, 2.24) is 19.4 Å². The van der Waals surface area contributed by atoms with Gasteiger partial charge in [0.05, 0.1) is 17.5 Å². The molecule has 1 aromatic carbocycles. The Morgan fingerprint density at radius 3 is 2.58 bits per heavy atom. The molecule has 0 unspecified atom stereocenters. The average Bonchev–Trinajstić information content (AvgIpc) is 3.30. The normalized spacial score (nSPS) is 17.8. The number of alkyl halides is 2. The molecule has 0 saturated heterocycles. The van der Waals surface area contributed by atoms with Crippen LogP contribution >= 0.6 is 0 Å². The van der Waals surface area contributed by atoms with Crippen molar-refractivity contribution in [3.05, 3.63) is 77.5 Å². The second-order valence-electron chi connectivity index (χ2n) is 8.35. The minimum Gasteiger partial charge on any atom is -0.435 e. The number of para-hydroxylation sites is 1. The van der Waals surface area contributed by atoms with Gasteiger partial charge in [-0.15, -0.1) is 0 Å². The van der Waals surface area contributed by atoms with Crippen LogP contribution in [-0.2, 0) is 0 Å². The average molecular weight is 454 g/mol. The Balaban J connectivity index is 1.65. The summed E-state index contributed by atoms with van der Waals surface area (Å²) in [6.07, 6.45) is 4.07. The number of pyridine rings is 1. The van der Waals surface area contributed by atoms with E-state index in [1.54, 1.807) is 41.2 Å². The van der Waals surface area contributed by atoms with Crippen molar-refractivity contribution in [2.24, 2.45) is 0 Å². The van der Waals surface area contributed by atoms with Gasteiger partial charge >= 0.3 is 6.61 Å². The molecule has 1 aliphatic rings. The summed E-state index contributed by atoms with van der Waals surface area (Å²) in [5.74, 6) is -0.131. The van der Waals surface area contributed by atoms with Gasteiger partial charge in [-0.3, -0.25) is 0 Å². The maximum atomic E-state index is 15.0. The van der Waals surface area contributed by atoms with Gasteiger partial charge < -0.3 is 14.2 Å². The molecule has 0 spiro atoms. The maximum Gasteiger partial charge on any atom is 0.387 e. The van der Waals surface area contributed by atoms with E-state index in [0.29, 0.717) is 34.0 Å². The molecule has 1 N–H and O–H groups in total. The van der Waals surface area contributed by atoms with Gasteiger partial charge in [0.1, 0.15) is 23.0 Å². The second kappa shape index (κ2) is 8.15. The van der Waals surface area contributed by atoms with Crippen LogP contribution in [0.5, 0.6) is 5.75 Å². The van der Waals surface area contributed by atoms with E-state index in [2.05, 4.69) is 15.0 Å². The summed E-state index contributed by atoms with van der Waals surface area (Å²) < 4.78 is 47.3. The molecule has 170 valence electrons. The number of hydrogen-bond acceptors (Lipinski definition) is 5. The number of hydrogen-bond donors (Lipinski definition) is 1. The fraction of sp³-hybridized carbons (Fsp3) is 0.292. The molecule has 0 saturated carbocycles. The third-order valence-corrected chi connectivity index (χ3v) is 5.89. The van der Waals surface area contributed by atoms with E-state index in [1.165, 1.54) is 12.1 Å². The standard InChI is InChI=1S/C24H21F3N4O2/c1-12(2)23-28-9-13(10-29-23)16-11-31-20(8-17(16)25)30-21-18(32)7-15(22(21)31)14-5-3-4-6-19(14)33-24(26)27/h3-6,8-12,15,18,24,32H,7H2,1-2H3/t15-,18-/m1/s1. The first-order chi connectivity index (χ1) is 15.8. The van der Waals surface area contributed by atoms with Crippen molar-refractivity contribution in [1.29, 1.82) is 0 Å². The van der Waals surface area contributed by atoms with Gasteiger partial charge in [-0.1, -0.05) is 32.0 Å².